The van der Waals surface area contributed by atoms with E-state index in [2.05, 4.69) is 4.98 Å². The van der Waals surface area contributed by atoms with Gasteiger partial charge in [0.25, 0.3) is 0 Å². The normalized spacial score (nSPS) is 10.8. The highest BCUT2D eigenvalue weighted by atomic mass is 31.1. The van der Waals surface area contributed by atoms with Crippen LogP contribution in [-0.2, 0) is 0 Å². The van der Waals surface area contributed by atoms with Gasteiger partial charge in [-0.15, -0.1) is 0 Å². The van der Waals surface area contributed by atoms with E-state index in [0.29, 0.717) is 21.9 Å². The highest BCUT2D eigenvalue weighted by Gasteiger charge is 2.24. The highest BCUT2D eigenvalue weighted by Crippen LogP contribution is 2.34. The predicted octanol–water partition coefficient (Wildman–Crippen LogP) is 3.13. The van der Waals surface area contributed by atoms with Crippen LogP contribution in [0.2, 0.25) is 0 Å². The molecule has 0 atom stereocenters. The van der Waals surface area contributed by atoms with Crippen LogP contribution in [0.1, 0.15) is 0 Å². The second-order valence-corrected chi connectivity index (χ2v) is 6.87. The summed E-state index contributed by atoms with van der Waals surface area (Å²) < 4.78 is 33.9. The van der Waals surface area contributed by atoms with Gasteiger partial charge in [0.2, 0.25) is 5.88 Å². The minimum atomic E-state index is -1.45. The fourth-order valence-electron chi connectivity index (χ4n) is 2.28. The molecule has 2 aromatic carbocycles. The maximum absolute atomic E-state index is 14.4. The summed E-state index contributed by atoms with van der Waals surface area (Å²) in [5.74, 6) is -0.319. The van der Waals surface area contributed by atoms with Gasteiger partial charge in [-0.2, -0.15) is 0 Å². The molecule has 3 aromatic rings. The Morgan fingerprint density at radius 2 is 1.35 bits per heavy atom. The summed E-state index contributed by atoms with van der Waals surface area (Å²) in [7, 11) is 0.0638. The number of nitrogens with zero attached hydrogens (tertiary/aromatic N) is 1. The molecule has 0 unspecified atom stereocenters. The number of ether oxygens (including phenoxy) is 1. The quantitative estimate of drug-likeness (QED) is 0.686. The van der Waals surface area contributed by atoms with E-state index in [1.807, 2.05) is 0 Å². The van der Waals surface area contributed by atoms with Crippen LogP contribution in [0.25, 0.3) is 0 Å². The smallest absolute Gasteiger partial charge is 0.213 e. The lowest BCUT2D eigenvalue weighted by molar-refractivity contribution is 0.399. The van der Waals surface area contributed by atoms with Crippen molar-refractivity contribution in [3.8, 4) is 5.88 Å². The number of hydrogen-bond acceptors (Lipinski definition) is 2. The van der Waals surface area contributed by atoms with E-state index in [-0.39, 0.29) is 11.6 Å². The van der Waals surface area contributed by atoms with Crippen molar-refractivity contribution in [1.82, 2.24) is 4.98 Å². The van der Waals surface area contributed by atoms with Gasteiger partial charge in [0.1, 0.15) is 11.6 Å². The number of hydrogen-bond donors (Lipinski definition) is 0. The fraction of sp³-hybridized carbons (Fsp3) is 0.0556. The van der Waals surface area contributed by atoms with Crippen LogP contribution in [0.3, 0.4) is 0 Å². The molecule has 0 saturated heterocycles. The lowest BCUT2D eigenvalue weighted by Gasteiger charge is -2.19. The van der Waals surface area contributed by atoms with E-state index in [1.54, 1.807) is 54.6 Å². The summed E-state index contributed by atoms with van der Waals surface area (Å²) in [5, 5.41) is 0.877. The summed E-state index contributed by atoms with van der Waals surface area (Å²) in [6, 6.07) is 18.1. The van der Waals surface area contributed by atoms with Crippen molar-refractivity contribution in [2.45, 2.75) is 0 Å². The molecule has 0 radical (unpaired) electrons. The van der Waals surface area contributed by atoms with Crippen molar-refractivity contribution in [3.05, 3.63) is 78.4 Å². The van der Waals surface area contributed by atoms with E-state index in [1.165, 1.54) is 19.2 Å². The van der Waals surface area contributed by atoms with Crippen molar-refractivity contribution >= 4 is 24.0 Å². The maximum atomic E-state index is 14.4. The molecule has 0 bridgehead atoms. The zero-order chi connectivity index (χ0) is 16.2. The molecule has 1 heterocycles. The Kier molecular flexibility index (Phi) is 4.63. The van der Waals surface area contributed by atoms with Gasteiger partial charge in [0, 0.05) is 24.6 Å². The SMILES string of the molecule is COc1cccc(P(c2ccccc2F)c2ccccc2F)n1. The number of benzene rings is 2. The summed E-state index contributed by atoms with van der Waals surface area (Å²) in [5.41, 5.74) is 0.592. The molecule has 0 fully saturated rings. The van der Waals surface area contributed by atoms with Gasteiger partial charge in [-0.3, -0.25) is 0 Å². The van der Waals surface area contributed by atoms with E-state index in [0.717, 1.165) is 0 Å². The zero-order valence-corrected chi connectivity index (χ0v) is 13.3. The molecule has 0 aliphatic carbocycles. The Morgan fingerprint density at radius 3 is 1.87 bits per heavy atom. The first kappa shape index (κ1) is 15.6. The van der Waals surface area contributed by atoms with E-state index >= 15 is 0 Å². The van der Waals surface area contributed by atoms with Crippen LogP contribution in [-0.4, -0.2) is 12.1 Å². The zero-order valence-electron chi connectivity index (χ0n) is 12.4. The first-order chi connectivity index (χ1) is 11.2. The van der Waals surface area contributed by atoms with Crippen LogP contribution in [0.4, 0.5) is 8.78 Å². The predicted molar refractivity (Wildman–Crippen MR) is 89.4 cm³/mol. The molecule has 0 aliphatic rings. The third kappa shape index (κ3) is 3.22. The Labute approximate surface area is 134 Å². The molecule has 23 heavy (non-hydrogen) atoms. The lowest BCUT2D eigenvalue weighted by atomic mass is 10.3. The standard InChI is InChI=1S/C18H14F2NOP/c1-22-17-11-6-12-18(21-17)23(15-9-4-2-7-13(15)19)16-10-5-3-8-14(16)20/h2-12H,1H3. The van der Waals surface area contributed by atoms with Crippen LogP contribution in [0.15, 0.2) is 66.7 Å². The van der Waals surface area contributed by atoms with Gasteiger partial charge in [-0.05, 0) is 18.2 Å². The number of methoxy groups -OCH3 is 1. The Hall–Kier alpha value is -2.32. The lowest BCUT2D eigenvalue weighted by Crippen LogP contribution is -2.26. The largest absolute Gasteiger partial charge is 0.481 e. The van der Waals surface area contributed by atoms with E-state index < -0.39 is 7.92 Å². The van der Waals surface area contributed by atoms with Gasteiger partial charge in [-0.1, -0.05) is 42.5 Å². The topological polar surface area (TPSA) is 22.1 Å². The molecular formula is C18H14F2NOP. The Balaban J connectivity index is 2.22. The molecule has 0 amide bonds. The molecule has 116 valence electrons. The highest BCUT2D eigenvalue weighted by molar-refractivity contribution is 7.79. The van der Waals surface area contributed by atoms with Crippen molar-refractivity contribution in [2.24, 2.45) is 0 Å². The first-order valence-corrected chi connectivity index (χ1v) is 8.35. The van der Waals surface area contributed by atoms with Gasteiger partial charge in [0.15, 0.2) is 0 Å². The number of aromatic nitrogens is 1. The van der Waals surface area contributed by atoms with Crippen molar-refractivity contribution in [2.75, 3.05) is 7.11 Å². The van der Waals surface area contributed by atoms with E-state index in [4.69, 9.17) is 4.74 Å². The molecule has 0 spiro atoms. The Morgan fingerprint density at radius 1 is 0.783 bits per heavy atom. The minimum absolute atomic E-state index is 0.369. The van der Waals surface area contributed by atoms with Crippen LogP contribution >= 0.6 is 7.92 Å². The molecular weight excluding hydrogens is 315 g/mol. The van der Waals surface area contributed by atoms with Gasteiger partial charge in [-0.25, -0.2) is 13.8 Å². The second-order valence-electron chi connectivity index (χ2n) is 4.78. The van der Waals surface area contributed by atoms with E-state index in [9.17, 15) is 8.78 Å². The first-order valence-electron chi connectivity index (χ1n) is 7.01. The molecule has 1 aromatic heterocycles. The molecule has 5 heteroatoms. The molecule has 0 N–H and O–H groups in total. The third-order valence-electron chi connectivity index (χ3n) is 3.33. The van der Waals surface area contributed by atoms with Crippen molar-refractivity contribution in [3.63, 3.8) is 0 Å². The summed E-state index contributed by atoms with van der Waals surface area (Å²) >= 11 is 0. The van der Waals surface area contributed by atoms with Gasteiger partial charge in [0.05, 0.1) is 12.5 Å². The Bertz CT molecular complexity index is 780. The van der Waals surface area contributed by atoms with Gasteiger partial charge >= 0.3 is 0 Å². The molecule has 3 rings (SSSR count). The third-order valence-corrected chi connectivity index (χ3v) is 5.73. The monoisotopic (exact) mass is 329 g/mol. The van der Waals surface area contributed by atoms with Crippen molar-refractivity contribution < 1.29 is 13.5 Å². The van der Waals surface area contributed by atoms with Crippen LogP contribution < -0.4 is 20.8 Å². The number of rotatable bonds is 4. The molecule has 2 nitrogen and oxygen atoms in total. The number of pyridine rings is 1. The second kappa shape index (κ2) is 6.84. The average molecular weight is 329 g/mol. The maximum Gasteiger partial charge on any atom is 0.213 e. The van der Waals surface area contributed by atoms with Gasteiger partial charge < -0.3 is 4.74 Å². The molecule has 0 aliphatic heterocycles. The number of halogens is 2. The molecule has 0 saturated carbocycles. The average Bonchev–Trinajstić information content (AvgIpc) is 2.59. The fourth-order valence-corrected chi connectivity index (χ4v) is 4.52. The van der Waals surface area contributed by atoms with Crippen molar-refractivity contribution in [1.29, 1.82) is 0 Å². The minimum Gasteiger partial charge on any atom is -0.481 e. The van der Waals surface area contributed by atoms with Crippen LogP contribution in [0, 0.1) is 11.6 Å². The summed E-state index contributed by atoms with van der Waals surface area (Å²) in [6.07, 6.45) is 0. The summed E-state index contributed by atoms with van der Waals surface area (Å²) in [4.78, 5) is 4.40. The summed E-state index contributed by atoms with van der Waals surface area (Å²) in [6.45, 7) is 0. The van der Waals surface area contributed by atoms with Crippen LogP contribution in [0.5, 0.6) is 5.88 Å².